The molecule has 1 nitrogen and oxygen atoms in total. The van der Waals surface area contributed by atoms with Crippen LogP contribution in [0.5, 0.6) is 0 Å². The number of benzene rings is 1. The second kappa shape index (κ2) is 4.37. The Morgan fingerprint density at radius 3 is 2.56 bits per heavy atom. The number of hydrogen-bond donors (Lipinski definition) is 0. The summed E-state index contributed by atoms with van der Waals surface area (Å²) in [6.07, 6.45) is 7.99. The second-order valence-corrected chi connectivity index (χ2v) is 4.18. The minimum absolute atomic E-state index is 0.279. The first-order valence-electron chi connectivity index (χ1n) is 5.66. The van der Waals surface area contributed by atoms with Gasteiger partial charge < -0.3 is 0 Å². The van der Waals surface area contributed by atoms with Gasteiger partial charge in [0.05, 0.1) is 11.5 Å². The molecule has 0 fully saturated rings. The van der Waals surface area contributed by atoms with Gasteiger partial charge in [-0.25, -0.2) is 0 Å². The average Bonchev–Trinajstić information content (AvgIpc) is 2.40. The summed E-state index contributed by atoms with van der Waals surface area (Å²) in [5.41, 5.74) is 2.17. The Morgan fingerprint density at radius 2 is 2.06 bits per heavy atom. The fraction of sp³-hybridized carbons (Fsp3) is 0.267. The van der Waals surface area contributed by atoms with E-state index in [1.54, 1.807) is 0 Å². The molecule has 0 saturated heterocycles. The molecule has 1 heteroatoms. The molecule has 0 radical (unpaired) electrons. The SMILES string of the molecule is CC[C@]1(C#N)C=CC(c2ccccc2)=CC1. The maximum Gasteiger partial charge on any atom is 0.0788 e. The highest BCUT2D eigenvalue weighted by Crippen LogP contribution is 2.34. The van der Waals surface area contributed by atoms with Crippen molar-refractivity contribution < 1.29 is 0 Å². The van der Waals surface area contributed by atoms with Crippen LogP contribution in [0.2, 0.25) is 0 Å². The van der Waals surface area contributed by atoms with Crippen molar-refractivity contribution in [2.24, 2.45) is 5.41 Å². The average molecular weight is 209 g/mol. The largest absolute Gasteiger partial charge is 0.197 e. The Labute approximate surface area is 96.7 Å². The van der Waals surface area contributed by atoms with Crippen LogP contribution in [0.25, 0.3) is 5.57 Å². The lowest BCUT2D eigenvalue weighted by atomic mass is 9.78. The number of nitrogens with zero attached hydrogens (tertiary/aromatic N) is 1. The highest BCUT2D eigenvalue weighted by Gasteiger charge is 2.25. The third-order valence-electron chi connectivity index (χ3n) is 3.23. The van der Waals surface area contributed by atoms with Crippen LogP contribution in [0.15, 0.2) is 48.6 Å². The molecule has 0 N–H and O–H groups in total. The van der Waals surface area contributed by atoms with E-state index in [0.29, 0.717) is 0 Å². The van der Waals surface area contributed by atoms with E-state index in [-0.39, 0.29) is 5.41 Å². The van der Waals surface area contributed by atoms with E-state index in [1.807, 2.05) is 18.2 Å². The van der Waals surface area contributed by atoms with E-state index in [1.165, 1.54) is 11.1 Å². The molecular weight excluding hydrogens is 194 g/mol. The maximum absolute atomic E-state index is 9.17. The first-order valence-corrected chi connectivity index (χ1v) is 5.66. The summed E-state index contributed by atoms with van der Waals surface area (Å²) in [6.45, 7) is 2.06. The molecule has 1 aliphatic carbocycles. The van der Waals surface area contributed by atoms with Crippen LogP contribution < -0.4 is 0 Å². The van der Waals surface area contributed by atoms with Gasteiger partial charge in [-0.3, -0.25) is 0 Å². The number of rotatable bonds is 2. The third-order valence-corrected chi connectivity index (χ3v) is 3.23. The highest BCUT2D eigenvalue weighted by atomic mass is 14.4. The van der Waals surface area contributed by atoms with Gasteiger partial charge in [-0.1, -0.05) is 55.5 Å². The van der Waals surface area contributed by atoms with Gasteiger partial charge in [0.1, 0.15) is 0 Å². The van der Waals surface area contributed by atoms with Crippen LogP contribution in [0, 0.1) is 16.7 Å². The fourth-order valence-electron chi connectivity index (χ4n) is 1.95. The van der Waals surface area contributed by atoms with E-state index in [0.717, 1.165) is 12.8 Å². The second-order valence-electron chi connectivity index (χ2n) is 4.18. The minimum atomic E-state index is -0.279. The van der Waals surface area contributed by atoms with Gasteiger partial charge in [-0.05, 0) is 24.0 Å². The molecule has 0 spiro atoms. The van der Waals surface area contributed by atoms with Gasteiger partial charge in [0.25, 0.3) is 0 Å². The molecule has 0 aromatic heterocycles. The van der Waals surface area contributed by atoms with Crippen molar-refractivity contribution in [3.8, 4) is 6.07 Å². The molecule has 0 bridgehead atoms. The quantitative estimate of drug-likeness (QED) is 0.723. The predicted octanol–water partition coefficient (Wildman–Crippen LogP) is 3.95. The zero-order valence-corrected chi connectivity index (χ0v) is 9.48. The minimum Gasteiger partial charge on any atom is -0.197 e. The Bertz CT molecular complexity index is 462. The molecule has 0 heterocycles. The monoisotopic (exact) mass is 209 g/mol. The van der Waals surface area contributed by atoms with E-state index in [9.17, 15) is 0 Å². The van der Waals surface area contributed by atoms with Crippen molar-refractivity contribution in [2.45, 2.75) is 19.8 Å². The Hall–Kier alpha value is -1.81. The van der Waals surface area contributed by atoms with Gasteiger partial charge >= 0.3 is 0 Å². The van der Waals surface area contributed by atoms with Gasteiger partial charge in [0, 0.05) is 0 Å². The Balaban J connectivity index is 2.24. The van der Waals surface area contributed by atoms with Gasteiger partial charge in [-0.2, -0.15) is 5.26 Å². The van der Waals surface area contributed by atoms with Crippen LogP contribution >= 0.6 is 0 Å². The van der Waals surface area contributed by atoms with Crippen LogP contribution in [0.3, 0.4) is 0 Å². The molecule has 0 aliphatic heterocycles. The third kappa shape index (κ3) is 1.92. The summed E-state index contributed by atoms with van der Waals surface area (Å²) in [5.74, 6) is 0. The maximum atomic E-state index is 9.17. The first kappa shape index (κ1) is 10.7. The molecule has 80 valence electrons. The molecule has 2 rings (SSSR count). The van der Waals surface area contributed by atoms with E-state index in [4.69, 9.17) is 5.26 Å². The summed E-state index contributed by atoms with van der Waals surface area (Å²) in [7, 11) is 0. The van der Waals surface area contributed by atoms with E-state index in [2.05, 4.69) is 43.4 Å². The van der Waals surface area contributed by atoms with Gasteiger partial charge in [0.15, 0.2) is 0 Å². The number of nitriles is 1. The molecule has 1 atom stereocenters. The van der Waals surface area contributed by atoms with E-state index >= 15 is 0 Å². The number of hydrogen-bond acceptors (Lipinski definition) is 1. The summed E-state index contributed by atoms with van der Waals surface area (Å²) in [5, 5.41) is 9.17. The van der Waals surface area contributed by atoms with Crippen LogP contribution in [-0.2, 0) is 0 Å². The van der Waals surface area contributed by atoms with Gasteiger partial charge in [-0.15, -0.1) is 0 Å². The summed E-state index contributed by atoms with van der Waals surface area (Å²) in [4.78, 5) is 0. The summed E-state index contributed by atoms with van der Waals surface area (Å²) >= 11 is 0. The molecule has 0 amide bonds. The predicted molar refractivity (Wildman–Crippen MR) is 66.5 cm³/mol. The fourth-order valence-corrected chi connectivity index (χ4v) is 1.95. The lowest BCUT2D eigenvalue weighted by Gasteiger charge is -2.23. The molecule has 1 aliphatic rings. The highest BCUT2D eigenvalue weighted by molar-refractivity contribution is 5.75. The molecule has 1 aromatic rings. The first-order chi connectivity index (χ1) is 7.79. The lowest BCUT2D eigenvalue weighted by molar-refractivity contribution is 0.492. The van der Waals surface area contributed by atoms with Crippen molar-refractivity contribution in [2.75, 3.05) is 0 Å². The van der Waals surface area contributed by atoms with Crippen LogP contribution in [0.1, 0.15) is 25.3 Å². The standard InChI is InChI=1S/C15H15N/c1-2-15(12-16)10-8-14(9-11-15)13-6-4-3-5-7-13/h3-10H,2,11H2,1H3/t15-/m0/s1. The molecular formula is C15H15N. The van der Waals surface area contributed by atoms with Crippen LogP contribution in [0.4, 0.5) is 0 Å². The zero-order valence-electron chi connectivity index (χ0n) is 9.48. The smallest absolute Gasteiger partial charge is 0.0788 e. The van der Waals surface area contributed by atoms with Crippen molar-refractivity contribution >= 4 is 5.57 Å². The van der Waals surface area contributed by atoms with Crippen molar-refractivity contribution in [3.05, 3.63) is 54.1 Å². The summed E-state index contributed by atoms with van der Waals surface area (Å²) in [6, 6.07) is 12.7. The number of allylic oxidation sites excluding steroid dienone is 4. The van der Waals surface area contributed by atoms with Crippen molar-refractivity contribution in [3.63, 3.8) is 0 Å². The van der Waals surface area contributed by atoms with E-state index < -0.39 is 0 Å². The Morgan fingerprint density at radius 1 is 1.31 bits per heavy atom. The van der Waals surface area contributed by atoms with Gasteiger partial charge in [0.2, 0.25) is 0 Å². The van der Waals surface area contributed by atoms with Crippen molar-refractivity contribution in [1.82, 2.24) is 0 Å². The zero-order chi connectivity index (χ0) is 11.4. The lowest BCUT2D eigenvalue weighted by Crippen LogP contribution is -2.15. The summed E-state index contributed by atoms with van der Waals surface area (Å²) < 4.78 is 0. The molecule has 0 saturated carbocycles. The normalized spacial score (nSPS) is 23.6. The Kier molecular flexibility index (Phi) is 2.92. The topological polar surface area (TPSA) is 23.8 Å². The molecule has 0 unspecified atom stereocenters. The van der Waals surface area contributed by atoms with Crippen molar-refractivity contribution in [1.29, 1.82) is 5.26 Å². The molecule has 1 aromatic carbocycles. The van der Waals surface area contributed by atoms with Crippen LogP contribution in [-0.4, -0.2) is 0 Å². The molecule has 16 heavy (non-hydrogen) atoms.